The second kappa shape index (κ2) is 5.12. The van der Waals surface area contributed by atoms with Crippen molar-refractivity contribution in [3.05, 3.63) is 35.2 Å². The summed E-state index contributed by atoms with van der Waals surface area (Å²) in [6, 6.07) is 9.73. The number of benzene rings is 1. The van der Waals surface area contributed by atoms with Gasteiger partial charge in [0.25, 0.3) is 0 Å². The summed E-state index contributed by atoms with van der Waals surface area (Å²) in [5.74, 6) is 0.786. The molecule has 0 amide bonds. The Morgan fingerprint density at radius 1 is 1.15 bits per heavy atom. The number of para-hydroxylation sites is 1. The number of nitroso groups, excluding NO2 is 1. The summed E-state index contributed by atoms with van der Waals surface area (Å²) in [6.07, 6.45) is 2.12. The fraction of sp³-hybridized carbons (Fsp3) is 0.231. The monoisotopic (exact) mass is 270 g/mol. The van der Waals surface area contributed by atoms with Gasteiger partial charge in [0.15, 0.2) is 17.3 Å². The van der Waals surface area contributed by atoms with Crippen molar-refractivity contribution >= 4 is 29.0 Å². The van der Waals surface area contributed by atoms with Crippen LogP contribution < -0.4 is 16.4 Å². The number of hydrogen-bond acceptors (Lipinski definition) is 7. The Kier molecular flexibility index (Phi) is 3.16. The van der Waals surface area contributed by atoms with Crippen molar-refractivity contribution in [3.8, 4) is 0 Å². The van der Waals surface area contributed by atoms with Gasteiger partial charge in [0.1, 0.15) is 0 Å². The van der Waals surface area contributed by atoms with Crippen LogP contribution in [-0.2, 0) is 0 Å². The SMILES string of the molecule is Nc1nc(Nc2ccccc2)c(N=O)c(NC2CC2)n1. The maximum Gasteiger partial charge on any atom is 0.224 e. The standard InChI is InChI=1S/C13H14N6O/c14-13-17-11(15-8-4-2-1-3-5-8)10(19-20)12(18-13)16-9-6-7-9/h1-5,9H,6-7H2,(H4,14,15,16,17,18). The van der Waals surface area contributed by atoms with E-state index in [1.807, 2.05) is 30.3 Å². The molecule has 102 valence electrons. The Morgan fingerprint density at radius 2 is 1.85 bits per heavy atom. The number of nitrogens with two attached hydrogens (primary N) is 1. The molecular weight excluding hydrogens is 256 g/mol. The van der Waals surface area contributed by atoms with E-state index in [0.717, 1.165) is 18.5 Å². The van der Waals surface area contributed by atoms with Gasteiger partial charge in [-0.25, -0.2) is 0 Å². The molecule has 1 aliphatic carbocycles. The van der Waals surface area contributed by atoms with Gasteiger partial charge < -0.3 is 16.4 Å². The van der Waals surface area contributed by atoms with E-state index in [1.54, 1.807) is 0 Å². The minimum Gasteiger partial charge on any atom is -0.368 e. The van der Waals surface area contributed by atoms with Gasteiger partial charge in [-0.3, -0.25) is 0 Å². The van der Waals surface area contributed by atoms with Crippen LogP contribution in [0.5, 0.6) is 0 Å². The Hall–Kier alpha value is -2.70. The quantitative estimate of drug-likeness (QED) is 0.721. The van der Waals surface area contributed by atoms with Crippen molar-refractivity contribution in [3.63, 3.8) is 0 Å². The molecule has 7 nitrogen and oxygen atoms in total. The lowest BCUT2D eigenvalue weighted by Gasteiger charge is -2.11. The van der Waals surface area contributed by atoms with Gasteiger partial charge in [-0.1, -0.05) is 18.2 Å². The zero-order chi connectivity index (χ0) is 13.9. The summed E-state index contributed by atoms with van der Waals surface area (Å²) in [5.41, 5.74) is 6.63. The zero-order valence-corrected chi connectivity index (χ0v) is 10.7. The average molecular weight is 270 g/mol. The number of nitrogens with zero attached hydrogens (tertiary/aromatic N) is 3. The molecule has 1 fully saturated rings. The largest absolute Gasteiger partial charge is 0.368 e. The highest BCUT2D eigenvalue weighted by Crippen LogP contribution is 2.36. The topological polar surface area (TPSA) is 105 Å². The Bertz CT molecular complexity index is 626. The molecule has 4 N–H and O–H groups in total. The summed E-state index contributed by atoms with van der Waals surface area (Å²) in [4.78, 5) is 19.2. The maximum atomic E-state index is 11.1. The predicted octanol–water partition coefficient (Wildman–Crippen LogP) is 2.77. The highest BCUT2D eigenvalue weighted by molar-refractivity contribution is 5.78. The molecule has 0 spiro atoms. The molecule has 1 aromatic heterocycles. The van der Waals surface area contributed by atoms with Crippen LogP contribution in [0.2, 0.25) is 0 Å². The third-order valence-corrected chi connectivity index (χ3v) is 2.95. The summed E-state index contributed by atoms with van der Waals surface area (Å²) in [5, 5.41) is 9.20. The molecule has 1 saturated carbocycles. The second-order valence-electron chi connectivity index (χ2n) is 4.63. The Labute approximate surface area is 115 Å². The molecule has 1 heterocycles. The fourth-order valence-corrected chi connectivity index (χ4v) is 1.83. The summed E-state index contributed by atoms with van der Waals surface area (Å²) in [6.45, 7) is 0. The van der Waals surface area contributed by atoms with E-state index in [9.17, 15) is 4.91 Å². The van der Waals surface area contributed by atoms with Crippen LogP contribution in [0.3, 0.4) is 0 Å². The highest BCUT2D eigenvalue weighted by Gasteiger charge is 2.25. The number of nitrogen functional groups attached to an aromatic ring is 1. The van der Waals surface area contributed by atoms with Gasteiger partial charge in [0.2, 0.25) is 5.95 Å². The molecule has 0 saturated heterocycles. The van der Waals surface area contributed by atoms with Crippen molar-refractivity contribution < 1.29 is 0 Å². The smallest absolute Gasteiger partial charge is 0.224 e. The molecule has 0 atom stereocenters. The fourth-order valence-electron chi connectivity index (χ4n) is 1.83. The predicted molar refractivity (Wildman–Crippen MR) is 78.3 cm³/mol. The van der Waals surface area contributed by atoms with E-state index < -0.39 is 0 Å². The van der Waals surface area contributed by atoms with Crippen LogP contribution in [0.1, 0.15) is 12.8 Å². The first-order valence-electron chi connectivity index (χ1n) is 6.36. The number of aromatic nitrogens is 2. The van der Waals surface area contributed by atoms with Gasteiger partial charge in [0, 0.05) is 11.7 Å². The summed E-state index contributed by atoms with van der Waals surface area (Å²) < 4.78 is 0. The molecule has 2 aromatic rings. The maximum absolute atomic E-state index is 11.1. The van der Waals surface area contributed by atoms with E-state index in [4.69, 9.17) is 5.73 Å². The van der Waals surface area contributed by atoms with Gasteiger partial charge >= 0.3 is 0 Å². The van der Waals surface area contributed by atoms with Crippen molar-refractivity contribution in [2.45, 2.75) is 18.9 Å². The van der Waals surface area contributed by atoms with Crippen LogP contribution >= 0.6 is 0 Å². The van der Waals surface area contributed by atoms with Crippen molar-refractivity contribution in [1.82, 2.24) is 9.97 Å². The van der Waals surface area contributed by atoms with E-state index in [2.05, 4.69) is 25.8 Å². The average Bonchev–Trinajstić information content (AvgIpc) is 3.24. The van der Waals surface area contributed by atoms with Gasteiger partial charge in [-0.2, -0.15) is 9.97 Å². The third kappa shape index (κ3) is 2.66. The van der Waals surface area contributed by atoms with Crippen LogP contribution in [0.4, 0.5) is 29.0 Å². The van der Waals surface area contributed by atoms with Crippen LogP contribution in [0.25, 0.3) is 0 Å². The van der Waals surface area contributed by atoms with Crippen molar-refractivity contribution in [2.75, 3.05) is 16.4 Å². The molecule has 20 heavy (non-hydrogen) atoms. The lowest BCUT2D eigenvalue weighted by atomic mass is 10.3. The number of anilines is 4. The Morgan fingerprint density at radius 3 is 2.50 bits per heavy atom. The molecule has 3 rings (SSSR count). The molecule has 0 unspecified atom stereocenters. The molecular formula is C13H14N6O. The molecule has 0 radical (unpaired) electrons. The zero-order valence-electron chi connectivity index (χ0n) is 10.7. The lowest BCUT2D eigenvalue weighted by molar-refractivity contribution is 1.09. The lowest BCUT2D eigenvalue weighted by Crippen LogP contribution is -2.08. The van der Waals surface area contributed by atoms with E-state index in [1.165, 1.54) is 0 Å². The van der Waals surface area contributed by atoms with Gasteiger partial charge in [0.05, 0.1) is 0 Å². The number of nitrogens with one attached hydrogen (secondary N) is 2. The van der Waals surface area contributed by atoms with E-state index >= 15 is 0 Å². The Balaban J connectivity index is 1.95. The first kappa shape index (κ1) is 12.3. The molecule has 1 aliphatic rings. The first-order chi connectivity index (χ1) is 9.76. The summed E-state index contributed by atoms with van der Waals surface area (Å²) in [7, 11) is 0. The number of hydrogen-bond donors (Lipinski definition) is 3. The minimum absolute atomic E-state index is 0.0963. The van der Waals surface area contributed by atoms with Crippen LogP contribution in [0, 0.1) is 4.91 Å². The molecule has 0 bridgehead atoms. The highest BCUT2D eigenvalue weighted by atomic mass is 16.3. The van der Waals surface area contributed by atoms with E-state index in [0.29, 0.717) is 17.7 Å². The van der Waals surface area contributed by atoms with Crippen LogP contribution in [0.15, 0.2) is 35.5 Å². The van der Waals surface area contributed by atoms with Crippen molar-refractivity contribution in [2.24, 2.45) is 5.18 Å². The molecule has 0 aliphatic heterocycles. The third-order valence-electron chi connectivity index (χ3n) is 2.95. The minimum atomic E-state index is 0.0963. The second-order valence-corrected chi connectivity index (χ2v) is 4.63. The van der Waals surface area contributed by atoms with Crippen molar-refractivity contribution in [1.29, 1.82) is 0 Å². The summed E-state index contributed by atoms with van der Waals surface area (Å²) >= 11 is 0. The molecule has 1 aromatic carbocycles. The normalized spacial score (nSPS) is 13.8. The molecule has 7 heteroatoms. The van der Waals surface area contributed by atoms with Crippen LogP contribution in [-0.4, -0.2) is 16.0 Å². The number of rotatable bonds is 5. The van der Waals surface area contributed by atoms with Gasteiger partial charge in [-0.15, -0.1) is 4.91 Å². The van der Waals surface area contributed by atoms with E-state index in [-0.39, 0.29) is 11.6 Å². The van der Waals surface area contributed by atoms with Gasteiger partial charge in [-0.05, 0) is 30.2 Å². The first-order valence-corrected chi connectivity index (χ1v) is 6.36.